The molecule has 1 N–H and O–H groups in total. The molecule has 0 aliphatic rings. The minimum absolute atomic E-state index is 0.0476. The first-order valence-electron chi connectivity index (χ1n) is 19.2. The summed E-state index contributed by atoms with van der Waals surface area (Å²) in [6.07, 6.45) is 5.60. The summed E-state index contributed by atoms with van der Waals surface area (Å²) in [6, 6.07) is 46.6. The van der Waals surface area contributed by atoms with Gasteiger partial charge in [-0.15, -0.1) is 0 Å². The van der Waals surface area contributed by atoms with Crippen molar-refractivity contribution < 1.29 is 5.11 Å². The molecule has 0 saturated heterocycles. The van der Waals surface area contributed by atoms with Gasteiger partial charge in [-0.1, -0.05) is 133 Å². The molecular formula is C51H44N4O. The molecule has 3 aromatic heterocycles. The molecule has 0 unspecified atom stereocenters. The van der Waals surface area contributed by atoms with E-state index >= 15 is 0 Å². The molecule has 0 amide bonds. The van der Waals surface area contributed by atoms with Crippen LogP contribution in [0.2, 0.25) is 0 Å². The highest BCUT2D eigenvalue weighted by Crippen LogP contribution is 2.43. The van der Waals surface area contributed by atoms with Crippen molar-refractivity contribution in [1.82, 2.24) is 19.5 Å². The van der Waals surface area contributed by atoms with Crippen LogP contribution in [0.1, 0.15) is 52.7 Å². The number of hydrogen-bond acceptors (Lipinski definition) is 4. The van der Waals surface area contributed by atoms with Gasteiger partial charge in [0.05, 0.1) is 22.9 Å². The summed E-state index contributed by atoms with van der Waals surface area (Å²) < 4.78 is 2.25. The van der Waals surface area contributed by atoms with E-state index in [9.17, 15) is 5.11 Å². The van der Waals surface area contributed by atoms with Gasteiger partial charge in [-0.3, -0.25) is 14.5 Å². The van der Waals surface area contributed by atoms with Crippen molar-refractivity contribution >= 4 is 32.7 Å². The van der Waals surface area contributed by atoms with Crippen molar-refractivity contribution in [2.45, 2.75) is 52.4 Å². The first-order valence-corrected chi connectivity index (χ1v) is 19.2. The summed E-state index contributed by atoms with van der Waals surface area (Å²) in [7, 11) is 0. The Balaban J connectivity index is 1.36. The van der Waals surface area contributed by atoms with E-state index < -0.39 is 0 Å². The van der Waals surface area contributed by atoms with E-state index in [1.165, 1.54) is 11.1 Å². The van der Waals surface area contributed by atoms with Gasteiger partial charge in [0.25, 0.3) is 0 Å². The van der Waals surface area contributed by atoms with E-state index in [2.05, 4.69) is 143 Å². The minimum atomic E-state index is -0.0603. The third-order valence-electron chi connectivity index (χ3n) is 10.9. The Bertz CT molecular complexity index is 2950. The number of aromatic hydroxyl groups is 1. The van der Waals surface area contributed by atoms with Crippen molar-refractivity contribution in [3.05, 3.63) is 163 Å². The van der Waals surface area contributed by atoms with Crippen LogP contribution in [0.15, 0.2) is 152 Å². The summed E-state index contributed by atoms with van der Waals surface area (Å²) in [6.45, 7) is 13.5. The Morgan fingerprint density at radius 2 is 1.25 bits per heavy atom. The van der Waals surface area contributed by atoms with E-state index in [-0.39, 0.29) is 16.6 Å². The molecule has 0 radical (unpaired) electrons. The highest BCUT2D eigenvalue weighted by Gasteiger charge is 2.25. The van der Waals surface area contributed by atoms with Gasteiger partial charge in [-0.2, -0.15) is 0 Å². The molecule has 0 aliphatic heterocycles. The number of phenolic OH excluding ortho intramolecular Hbond substituents is 1. The van der Waals surface area contributed by atoms with Crippen LogP contribution in [0.5, 0.6) is 5.75 Å². The molecule has 56 heavy (non-hydrogen) atoms. The van der Waals surface area contributed by atoms with E-state index in [0.29, 0.717) is 5.56 Å². The zero-order valence-electron chi connectivity index (χ0n) is 32.7. The summed E-state index contributed by atoms with van der Waals surface area (Å²) >= 11 is 0. The first kappa shape index (κ1) is 35.1. The molecular weight excluding hydrogens is 685 g/mol. The number of rotatable bonds is 5. The monoisotopic (exact) mass is 728 g/mol. The number of hydrogen-bond donors (Lipinski definition) is 1. The quantitative estimate of drug-likeness (QED) is 0.192. The summed E-state index contributed by atoms with van der Waals surface area (Å²) in [5, 5.41) is 14.6. The lowest BCUT2D eigenvalue weighted by atomic mass is 9.84. The predicted octanol–water partition coefficient (Wildman–Crippen LogP) is 13.1. The fourth-order valence-corrected chi connectivity index (χ4v) is 7.88. The SMILES string of the molecule is CC(C)(C)c1ccc(-n2c(-c3cccc(-c4cc(C(C)(C)C)cc5cccnc45)c3)nc3c(-c4c(O)ccc5ccccc45)cncc32)c(-c2ccccc2)c1. The maximum atomic E-state index is 11.5. The van der Waals surface area contributed by atoms with Crippen molar-refractivity contribution in [3.63, 3.8) is 0 Å². The summed E-state index contributed by atoms with van der Waals surface area (Å²) in [5.74, 6) is 0.967. The molecule has 0 spiro atoms. The van der Waals surface area contributed by atoms with Gasteiger partial charge >= 0.3 is 0 Å². The van der Waals surface area contributed by atoms with Crippen molar-refractivity contribution in [2.75, 3.05) is 0 Å². The molecule has 0 atom stereocenters. The third-order valence-corrected chi connectivity index (χ3v) is 10.9. The number of pyridine rings is 2. The van der Waals surface area contributed by atoms with Crippen LogP contribution in [0.4, 0.5) is 0 Å². The predicted molar refractivity (Wildman–Crippen MR) is 232 cm³/mol. The second-order valence-electron chi connectivity index (χ2n) is 16.8. The molecule has 9 rings (SSSR count). The molecule has 3 heterocycles. The lowest BCUT2D eigenvalue weighted by Gasteiger charge is -2.23. The highest BCUT2D eigenvalue weighted by molar-refractivity contribution is 6.06. The molecule has 5 heteroatoms. The Morgan fingerprint density at radius 1 is 0.536 bits per heavy atom. The third kappa shape index (κ3) is 6.10. The Labute approximate surface area is 328 Å². The van der Waals surface area contributed by atoms with Gasteiger partial charge in [-0.25, -0.2) is 4.98 Å². The number of benzene rings is 6. The minimum Gasteiger partial charge on any atom is -0.507 e. The molecule has 6 aromatic carbocycles. The van der Waals surface area contributed by atoms with Gasteiger partial charge in [0, 0.05) is 45.6 Å². The zero-order chi connectivity index (χ0) is 38.8. The number of phenols is 1. The zero-order valence-corrected chi connectivity index (χ0v) is 32.7. The Morgan fingerprint density at radius 3 is 2.05 bits per heavy atom. The van der Waals surface area contributed by atoms with Gasteiger partial charge in [-0.05, 0) is 86.3 Å². The normalized spacial score (nSPS) is 12.2. The van der Waals surface area contributed by atoms with E-state index in [1.54, 1.807) is 6.07 Å². The molecule has 0 saturated carbocycles. The number of nitrogens with zero attached hydrogens (tertiary/aromatic N) is 4. The molecule has 0 fully saturated rings. The van der Waals surface area contributed by atoms with Crippen molar-refractivity contribution in [3.8, 4) is 56.2 Å². The fourth-order valence-electron chi connectivity index (χ4n) is 7.88. The second-order valence-corrected chi connectivity index (χ2v) is 16.8. The van der Waals surface area contributed by atoms with Crippen LogP contribution < -0.4 is 0 Å². The number of aromatic nitrogens is 4. The average molecular weight is 729 g/mol. The van der Waals surface area contributed by atoms with Crippen LogP contribution >= 0.6 is 0 Å². The number of fused-ring (bicyclic) bond motifs is 3. The van der Waals surface area contributed by atoms with Gasteiger partial charge in [0.15, 0.2) is 0 Å². The standard InChI is InChI=1S/C51H44N4O/c1-50(2,3)37-22-23-43(40(28-37)32-14-8-7-9-15-32)55-44-31-52-30-42(46-39-20-11-10-16-33(39)21-24-45(46)56)48(44)54-49(55)36-18-12-17-34(26-36)41-29-38(51(4,5)6)27-35-19-13-25-53-47(35)41/h7-31,56H,1-6H3. The molecule has 9 aromatic rings. The summed E-state index contributed by atoms with van der Waals surface area (Å²) in [4.78, 5) is 15.3. The molecule has 0 bridgehead atoms. The van der Waals surface area contributed by atoms with E-state index in [0.717, 1.165) is 77.6 Å². The van der Waals surface area contributed by atoms with Crippen LogP contribution in [0, 0.1) is 0 Å². The van der Waals surface area contributed by atoms with Crippen LogP contribution in [0.3, 0.4) is 0 Å². The smallest absolute Gasteiger partial charge is 0.145 e. The molecule has 0 aliphatic carbocycles. The first-order chi connectivity index (χ1) is 27.0. The van der Waals surface area contributed by atoms with Crippen molar-refractivity contribution in [2.24, 2.45) is 0 Å². The number of imidazole rings is 1. The summed E-state index contributed by atoms with van der Waals surface area (Å²) in [5.41, 5.74) is 12.8. The van der Waals surface area contributed by atoms with E-state index in [4.69, 9.17) is 15.0 Å². The van der Waals surface area contributed by atoms with Crippen LogP contribution in [0.25, 0.3) is 83.2 Å². The van der Waals surface area contributed by atoms with Crippen LogP contribution in [-0.2, 0) is 10.8 Å². The van der Waals surface area contributed by atoms with E-state index in [1.807, 2.05) is 48.9 Å². The van der Waals surface area contributed by atoms with Gasteiger partial charge in [0.2, 0.25) is 0 Å². The van der Waals surface area contributed by atoms with Crippen molar-refractivity contribution in [1.29, 1.82) is 0 Å². The lowest BCUT2D eigenvalue weighted by Crippen LogP contribution is -2.12. The lowest BCUT2D eigenvalue weighted by molar-refractivity contribution is 0.478. The van der Waals surface area contributed by atoms with Crippen LogP contribution in [-0.4, -0.2) is 24.6 Å². The maximum absolute atomic E-state index is 11.5. The average Bonchev–Trinajstić information content (AvgIpc) is 3.60. The Kier molecular flexibility index (Phi) is 8.35. The van der Waals surface area contributed by atoms with Gasteiger partial charge in [0.1, 0.15) is 17.1 Å². The largest absolute Gasteiger partial charge is 0.507 e. The topological polar surface area (TPSA) is 63.8 Å². The highest BCUT2D eigenvalue weighted by atomic mass is 16.3. The maximum Gasteiger partial charge on any atom is 0.145 e. The fraction of sp³-hybridized carbons (Fsp3) is 0.157. The Hall–Kier alpha value is -6.59. The molecule has 5 nitrogen and oxygen atoms in total. The second kappa shape index (κ2) is 13.3. The van der Waals surface area contributed by atoms with Gasteiger partial charge < -0.3 is 5.11 Å². The molecule has 274 valence electrons.